The molecule has 0 saturated carbocycles. The van der Waals surface area contributed by atoms with E-state index in [1.165, 1.54) is 22.0 Å². The van der Waals surface area contributed by atoms with Crippen LogP contribution in [-0.2, 0) is 21.2 Å². The van der Waals surface area contributed by atoms with Crippen LogP contribution < -0.4 is 10.1 Å². The Kier molecular flexibility index (Phi) is 8.67. The molecule has 158 valence electrons. The molecule has 0 heterocycles. The summed E-state index contributed by atoms with van der Waals surface area (Å²) < 4.78 is 31.8. The molecule has 2 rings (SSSR count). The van der Waals surface area contributed by atoms with E-state index in [0.29, 0.717) is 18.8 Å². The van der Waals surface area contributed by atoms with Gasteiger partial charge in [-0.3, -0.25) is 4.79 Å². The third-order valence-electron chi connectivity index (χ3n) is 4.59. The van der Waals surface area contributed by atoms with Crippen LogP contribution in [0.15, 0.2) is 53.4 Å². The van der Waals surface area contributed by atoms with Crippen LogP contribution in [0.3, 0.4) is 0 Å². The summed E-state index contributed by atoms with van der Waals surface area (Å²) in [4.78, 5) is 12.3. The highest BCUT2D eigenvalue weighted by Gasteiger charge is 2.21. The molecule has 1 amide bonds. The topological polar surface area (TPSA) is 75.7 Å². The third-order valence-corrected chi connectivity index (χ3v) is 6.66. The van der Waals surface area contributed by atoms with Gasteiger partial charge in [0.15, 0.2) is 6.61 Å². The molecule has 7 heteroatoms. The van der Waals surface area contributed by atoms with E-state index in [2.05, 4.69) is 12.2 Å². The summed E-state index contributed by atoms with van der Waals surface area (Å²) in [5.41, 5.74) is 1.97. The van der Waals surface area contributed by atoms with Crippen molar-refractivity contribution in [1.82, 2.24) is 4.31 Å². The van der Waals surface area contributed by atoms with E-state index < -0.39 is 10.0 Å². The number of unbranched alkanes of at least 4 members (excludes halogenated alkanes) is 1. The molecule has 0 spiro atoms. The van der Waals surface area contributed by atoms with Gasteiger partial charge in [0.25, 0.3) is 5.91 Å². The molecule has 0 radical (unpaired) electrons. The van der Waals surface area contributed by atoms with Crippen LogP contribution in [0, 0.1) is 0 Å². The van der Waals surface area contributed by atoms with Gasteiger partial charge in [-0.25, -0.2) is 8.42 Å². The van der Waals surface area contributed by atoms with Gasteiger partial charge in [0.1, 0.15) is 5.75 Å². The van der Waals surface area contributed by atoms with Crippen molar-refractivity contribution in [3.63, 3.8) is 0 Å². The molecule has 0 bridgehead atoms. The molecule has 29 heavy (non-hydrogen) atoms. The zero-order valence-corrected chi connectivity index (χ0v) is 18.2. The Morgan fingerprint density at radius 1 is 0.966 bits per heavy atom. The van der Waals surface area contributed by atoms with Crippen molar-refractivity contribution in [1.29, 1.82) is 0 Å². The van der Waals surface area contributed by atoms with Gasteiger partial charge in [0, 0.05) is 18.8 Å². The molecule has 1 N–H and O–H groups in total. The molecule has 2 aromatic carbocycles. The van der Waals surface area contributed by atoms with Crippen LogP contribution in [0.1, 0.15) is 39.2 Å². The number of aryl methyl sites for hydroxylation is 1. The first kappa shape index (κ1) is 22.9. The molecule has 6 nitrogen and oxygen atoms in total. The number of benzene rings is 2. The molecule has 0 saturated heterocycles. The van der Waals surface area contributed by atoms with Crippen molar-refractivity contribution in [2.75, 3.05) is 25.0 Å². The fourth-order valence-corrected chi connectivity index (χ4v) is 4.36. The molecule has 0 atom stereocenters. The summed E-state index contributed by atoms with van der Waals surface area (Å²) in [6.45, 7) is 6.44. The summed E-state index contributed by atoms with van der Waals surface area (Å²) in [5, 5.41) is 2.79. The average Bonchev–Trinajstić information content (AvgIpc) is 2.73. The molecular weight excluding hydrogens is 388 g/mol. The number of amides is 1. The van der Waals surface area contributed by atoms with Crippen molar-refractivity contribution in [2.45, 2.75) is 44.9 Å². The van der Waals surface area contributed by atoms with Crippen LogP contribution in [0.25, 0.3) is 0 Å². The number of anilines is 1. The number of ether oxygens (including phenoxy) is 1. The van der Waals surface area contributed by atoms with Crippen LogP contribution in [0.4, 0.5) is 5.69 Å². The van der Waals surface area contributed by atoms with E-state index in [4.69, 9.17) is 4.74 Å². The highest BCUT2D eigenvalue weighted by molar-refractivity contribution is 7.89. The first-order valence-corrected chi connectivity index (χ1v) is 11.5. The lowest BCUT2D eigenvalue weighted by molar-refractivity contribution is -0.118. The van der Waals surface area contributed by atoms with Gasteiger partial charge >= 0.3 is 0 Å². The quantitative estimate of drug-likeness (QED) is 0.597. The number of nitrogens with zero attached hydrogens (tertiary/aromatic N) is 1. The molecule has 0 fully saturated rings. The Hall–Kier alpha value is -2.38. The van der Waals surface area contributed by atoms with Crippen LogP contribution in [0.2, 0.25) is 0 Å². The Morgan fingerprint density at radius 2 is 1.59 bits per heavy atom. The van der Waals surface area contributed by atoms with E-state index in [9.17, 15) is 13.2 Å². The average molecular weight is 419 g/mol. The molecule has 0 aromatic heterocycles. The van der Waals surface area contributed by atoms with Gasteiger partial charge in [0.2, 0.25) is 10.0 Å². The first-order chi connectivity index (χ1) is 13.9. The Balaban J connectivity index is 1.89. The van der Waals surface area contributed by atoms with E-state index >= 15 is 0 Å². The molecule has 2 aromatic rings. The second kappa shape index (κ2) is 11.0. The Labute approximate surface area is 173 Å². The molecular formula is C22H30N2O4S. The summed E-state index contributed by atoms with van der Waals surface area (Å²) in [6.07, 6.45) is 3.33. The standard InChI is InChI=1S/C22H30N2O4S/c1-4-7-8-18-9-11-19(12-10-18)23-22(25)17-28-20-13-15-21(16-14-20)29(26,27)24(5-2)6-3/h9-16H,4-8,17H2,1-3H3,(H,23,25). The van der Waals surface area contributed by atoms with Crippen molar-refractivity contribution < 1.29 is 17.9 Å². The number of hydrogen-bond acceptors (Lipinski definition) is 4. The number of sulfonamides is 1. The summed E-state index contributed by atoms with van der Waals surface area (Å²) >= 11 is 0. The van der Waals surface area contributed by atoms with Crippen molar-refractivity contribution in [3.05, 3.63) is 54.1 Å². The van der Waals surface area contributed by atoms with Crippen LogP contribution >= 0.6 is 0 Å². The number of carbonyl (C=O) groups is 1. The van der Waals surface area contributed by atoms with E-state index in [1.54, 1.807) is 26.0 Å². The minimum absolute atomic E-state index is 0.153. The summed E-state index contributed by atoms with van der Waals surface area (Å²) in [5.74, 6) is 0.166. The SMILES string of the molecule is CCCCc1ccc(NC(=O)COc2ccc(S(=O)(=O)N(CC)CC)cc2)cc1. The van der Waals surface area contributed by atoms with Gasteiger partial charge in [0.05, 0.1) is 4.90 Å². The fourth-order valence-electron chi connectivity index (χ4n) is 2.90. The number of nitrogens with one attached hydrogen (secondary N) is 1. The molecule has 0 unspecified atom stereocenters. The monoisotopic (exact) mass is 418 g/mol. The smallest absolute Gasteiger partial charge is 0.262 e. The Bertz CT molecular complexity index is 874. The second-order valence-electron chi connectivity index (χ2n) is 6.70. The fraction of sp³-hybridized carbons (Fsp3) is 0.409. The molecule has 0 aliphatic carbocycles. The Morgan fingerprint density at radius 3 is 2.14 bits per heavy atom. The number of hydrogen-bond donors (Lipinski definition) is 1. The maximum atomic E-state index is 12.5. The zero-order chi connectivity index (χ0) is 21.3. The second-order valence-corrected chi connectivity index (χ2v) is 8.64. The highest BCUT2D eigenvalue weighted by atomic mass is 32.2. The predicted octanol–water partition coefficient (Wildman–Crippen LogP) is 4.08. The largest absolute Gasteiger partial charge is 0.484 e. The number of carbonyl (C=O) groups excluding carboxylic acids is 1. The molecule has 0 aliphatic heterocycles. The van der Waals surface area contributed by atoms with Gasteiger partial charge in [-0.05, 0) is 54.8 Å². The van der Waals surface area contributed by atoms with E-state index in [-0.39, 0.29) is 17.4 Å². The van der Waals surface area contributed by atoms with Gasteiger partial charge in [-0.1, -0.05) is 39.3 Å². The highest BCUT2D eigenvalue weighted by Crippen LogP contribution is 2.19. The van der Waals surface area contributed by atoms with Crippen LogP contribution in [-0.4, -0.2) is 38.3 Å². The molecule has 0 aliphatic rings. The maximum Gasteiger partial charge on any atom is 0.262 e. The lowest BCUT2D eigenvalue weighted by Crippen LogP contribution is -2.30. The van der Waals surface area contributed by atoms with Crippen molar-refractivity contribution in [2.24, 2.45) is 0 Å². The zero-order valence-electron chi connectivity index (χ0n) is 17.3. The normalized spacial score (nSPS) is 11.4. The lowest BCUT2D eigenvalue weighted by atomic mass is 10.1. The lowest BCUT2D eigenvalue weighted by Gasteiger charge is -2.18. The minimum atomic E-state index is -3.50. The third kappa shape index (κ3) is 6.58. The van der Waals surface area contributed by atoms with E-state index in [0.717, 1.165) is 24.9 Å². The first-order valence-electron chi connectivity index (χ1n) is 10.0. The van der Waals surface area contributed by atoms with Gasteiger partial charge in [-0.15, -0.1) is 0 Å². The maximum absolute atomic E-state index is 12.5. The predicted molar refractivity (Wildman–Crippen MR) is 116 cm³/mol. The van der Waals surface area contributed by atoms with Crippen molar-refractivity contribution >= 4 is 21.6 Å². The summed E-state index contributed by atoms with van der Waals surface area (Å²) in [7, 11) is -3.50. The summed E-state index contributed by atoms with van der Waals surface area (Å²) in [6, 6.07) is 13.9. The van der Waals surface area contributed by atoms with Gasteiger partial charge in [-0.2, -0.15) is 4.31 Å². The van der Waals surface area contributed by atoms with E-state index in [1.807, 2.05) is 24.3 Å². The minimum Gasteiger partial charge on any atom is -0.484 e. The van der Waals surface area contributed by atoms with Gasteiger partial charge < -0.3 is 10.1 Å². The van der Waals surface area contributed by atoms with Crippen LogP contribution in [0.5, 0.6) is 5.75 Å². The van der Waals surface area contributed by atoms with Crippen molar-refractivity contribution in [3.8, 4) is 5.75 Å². The number of rotatable bonds is 11.